The van der Waals surface area contributed by atoms with Gasteiger partial charge in [-0.15, -0.1) is 0 Å². The highest BCUT2D eigenvalue weighted by Crippen LogP contribution is 2.55. The monoisotopic (exact) mass is 328 g/mol. The van der Waals surface area contributed by atoms with Gasteiger partial charge in [-0.05, 0) is 80.9 Å². The minimum atomic E-state index is -0.857. The van der Waals surface area contributed by atoms with Crippen molar-refractivity contribution in [3.63, 3.8) is 0 Å². The number of carbonyl (C=O) groups is 1. The molecule has 4 aliphatic rings. The highest BCUT2D eigenvalue weighted by molar-refractivity contribution is 5.91. The number of carboxylic acids is 1. The second-order valence-corrected chi connectivity index (χ2v) is 8.57. The smallest absolute Gasteiger partial charge is 0.331 e. The van der Waals surface area contributed by atoms with Crippen molar-refractivity contribution in [2.45, 2.75) is 57.5 Å². The first-order chi connectivity index (χ1) is 11.4. The molecule has 4 saturated carbocycles. The molecular formula is C20H28N2O2. The molecule has 1 aromatic rings. The molecule has 1 aromatic heterocycles. The van der Waals surface area contributed by atoms with E-state index in [1.807, 2.05) is 11.6 Å². The average Bonchev–Trinajstić information content (AvgIpc) is 2.84. The lowest BCUT2D eigenvalue weighted by Gasteiger charge is -2.57. The molecule has 4 heteroatoms. The molecule has 0 unspecified atom stereocenters. The zero-order chi connectivity index (χ0) is 16.9. The van der Waals surface area contributed by atoms with Gasteiger partial charge in [0.05, 0.1) is 0 Å². The van der Waals surface area contributed by atoms with Crippen LogP contribution in [0, 0.1) is 17.8 Å². The maximum absolute atomic E-state index is 11.0. The summed E-state index contributed by atoms with van der Waals surface area (Å²) in [5.41, 5.74) is 2.95. The lowest BCUT2D eigenvalue weighted by Crippen LogP contribution is -2.58. The summed E-state index contributed by atoms with van der Waals surface area (Å²) in [7, 11) is 1.98. The SMILES string of the molecule is C/C(=C\c1cc(CNC23CC4CC(CC(C4)C2)C3)cn1C)C(=O)O. The molecule has 2 N–H and O–H groups in total. The van der Waals surface area contributed by atoms with E-state index in [1.165, 1.54) is 44.1 Å². The molecule has 4 nitrogen and oxygen atoms in total. The molecule has 4 fully saturated rings. The number of rotatable bonds is 5. The largest absolute Gasteiger partial charge is 0.478 e. The van der Waals surface area contributed by atoms with Gasteiger partial charge in [-0.2, -0.15) is 0 Å². The Morgan fingerprint density at radius 3 is 2.42 bits per heavy atom. The number of nitrogens with one attached hydrogen (secondary N) is 1. The van der Waals surface area contributed by atoms with E-state index in [9.17, 15) is 4.79 Å². The van der Waals surface area contributed by atoms with E-state index >= 15 is 0 Å². The molecule has 4 aliphatic carbocycles. The van der Waals surface area contributed by atoms with Crippen LogP contribution in [0.2, 0.25) is 0 Å². The number of aromatic nitrogens is 1. The van der Waals surface area contributed by atoms with Crippen molar-refractivity contribution in [3.8, 4) is 0 Å². The predicted octanol–water partition coefficient (Wildman–Crippen LogP) is 3.57. The van der Waals surface area contributed by atoms with E-state index in [0.29, 0.717) is 11.1 Å². The normalized spacial score (nSPS) is 34.8. The van der Waals surface area contributed by atoms with Crippen LogP contribution in [0.4, 0.5) is 0 Å². The van der Waals surface area contributed by atoms with Crippen LogP contribution in [0.25, 0.3) is 6.08 Å². The van der Waals surface area contributed by atoms with Crippen molar-refractivity contribution in [1.82, 2.24) is 9.88 Å². The molecule has 0 aliphatic heterocycles. The van der Waals surface area contributed by atoms with Crippen LogP contribution in [-0.2, 0) is 18.4 Å². The van der Waals surface area contributed by atoms with E-state index in [2.05, 4.69) is 17.6 Å². The summed E-state index contributed by atoms with van der Waals surface area (Å²) < 4.78 is 2.02. The standard InChI is InChI=1S/C20H28N2O2/c1-13(19(23)24)3-18-7-17(12-22(18)2)11-21-20-8-14-4-15(9-20)6-16(5-14)10-20/h3,7,12,14-16,21H,4-6,8-11H2,1-2H3,(H,23,24)/b13-3+. The zero-order valence-corrected chi connectivity index (χ0v) is 14.7. The quantitative estimate of drug-likeness (QED) is 0.813. The zero-order valence-electron chi connectivity index (χ0n) is 14.7. The summed E-state index contributed by atoms with van der Waals surface area (Å²) in [6, 6.07) is 2.11. The summed E-state index contributed by atoms with van der Waals surface area (Å²) >= 11 is 0. The summed E-state index contributed by atoms with van der Waals surface area (Å²) in [6.45, 7) is 2.53. The third-order valence-electron chi connectivity index (χ3n) is 6.51. The van der Waals surface area contributed by atoms with Crippen molar-refractivity contribution in [1.29, 1.82) is 0 Å². The first kappa shape index (κ1) is 15.9. The minimum absolute atomic E-state index is 0.372. The molecule has 24 heavy (non-hydrogen) atoms. The van der Waals surface area contributed by atoms with Gasteiger partial charge in [0, 0.05) is 36.6 Å². The van der Waals surface area contributed by atoms with Crippen LogP contribution >= 0.6 is 0 Å². The van der Waals surface area contributed by atoms with E-state index in [4.69, 9.17) is 5.11 Å². The Kier molecular flexibility index (Phi) is 3.83. The number of aryl methyl sites for hydroxylation is 1. The summed E-state index contributed by atoms with van der Waals surface area (Å²) in [5.74, 6) is 2.01. The first-order valence-corrected chi connectivity index (χ1v) is 9.24. The fourth-order valence-corrected chi connectivity index (χ4v) is 5.79. The lowest BCUT2D eigenvalue weighted by molar-refractivity contribution is -0.132. The molecule has 0 radical (unpaired) electrons. The Balaban J connectivity index is 1.45. The lowest BCUT2D eigenvalue weighted by atomic mass is 9.53. The fourth-order valence-electron chi connectivity index (χ4n) is 5.79. The number of nitrogens with zero attached hydrogens (tertiary/aromatic N) is 1. The van der Waals surface area contributed by atoms with Crippen LogP contribution in [0.15, 0.2) is 17.8 Å². The van der Waals surface area contributed by atoms with Gasteiger partial charge in [0.25, 0.3) is 0 Å². The number of hydrogen-bond donors (Lipinski definition) is 2. The van der Waals surface area contributed by atoms with Gasteiger partial charge in [-0.1, -0.05) is 0 Å². The second-order valence-electron chi connectivity index (χ2n) is 8.57. The summed E-state index contributed by atoms with van der Waals surface area (Å²) in [5, 5.41) is 13.0. The van der Waals surface area contributed by atoms with Crippen LogP contribution in [-0.4, -0.2) is 21.2 Å². The highest BCUT2D eigenvalue weighted by atomic mass is 16.4. The average molecular weight is 328 g/mol. The van der Waals surface area contributed by atoms with E-state index in [-0.39, 0.29) is 0 Å². The number of aliphatic carboxylic acids is 1. The van der Waals surface area contributed by atoms with Gasteiger partial charge in [0.15, 0.2) is 0 Å². The van der Waals surface area contributed by atoms with E-state index in [0.717, 1.165) is 30.0 Å². The fraction of sp³-hybridized carbons (Fsp3) is 0.650. The molecule has 4 bridgehead atoms. The van der Waals surface area contributed by atoms with Gasteiger partial charge in [0.2, 0.25) is 0 Å². The molecular weight excluding hydrogens is 300 g/mol. The number of carboxylic acid groups (broad SMARTS) is 1. The van der Waals surface area contributed by atoms with Crippen LogP contribution in [0.3, 0.4) is 0 Å². The Hall–Kier alpha value is -1.55. The van der Waals surface area contributed by atoms with Crippen molar-refractivity contribution in [2.24, 2.45) is 24.8 Å². The predicted molar refractivity (Wildman–Crippen MR) is 94.4 cm³/mol. The third-order valence-corrected chi connectivity index (χ3v) is 6.51. The highest BCUT2D eigenvalue weighted by Gasteiger charge is 2.50. The van der Waals surface area contributed by atoms with E-state index < -0.39 is 5.97 Å². The van der Waals surface area contributed by atoms with Gasteiger partial charge in [0.1, 0.15) is 0 Å². The van der Waals surface area contributed by atoms with Crippen LogP contribution in [0.5, 0.6) is 0 Å². The molecule has 0 amide bonds. The van der Waals surface area contributed by atoms with Crippen molar-refractivity contribution >= 4 is 12.0 Å². The third kappa shape index (κ3) is 2.92. The number of hydrogen-bond acceptors (Lipinski definition) is 2. The van der Waals surface area contributed by atoms with Gasteiger partial charge >= 0.3 is 5.97 Å². The molecule has 130 valence electrons. The van der Waals surface area contributed by atoms with E-state index in [1.54, 1.807) is 13.0 Å². The Labute approximate surface area is 143 Å². The van der Waals surface area contributed by atoms with Crippen LogP contribution in [0.1, 0.15) is 56.7 Å². The minimum Gasteiger partial charge on any atom is -0.478 e. The van der Waals surface area contributed by atoms with Gasteiger partial charge in [-0.25, -0.2) is 4.79 Å². The first-order valence-electron chi connectivity index (χ1n) is 9.24. The summed E-state index contributed by atoms with van der Waals surface area (Å²) in [4.78, 5) is 11.0. The Bertz CT molecular complexity index is 651. The second kappa shape index (κ2) is 5.76. The van der Waals surface area contributed by atoms with Crippen molar-refractivity contribution < 1.29 is 9.90 Å². The molecule has 0 saturated heterocycles. The molecule has 5 rings (SSSR count). The maximum atomic E-state index is 11.0. The van der Waals surface area contributed by atoms with Crippen LogP contribution < -0.4 is 5.32 Å². The topological polar surface area (TPSA) is 54.3 Å². The molecule has 0 atom stereocenters. The van der Waals surface area contributed by atoms with Crippen molar-refractivity contribution in [3.05, 3.63) is 29.1 Å². The molecule has 0 spiro atoms. The molecule has 0 aromatic carbocycles. The maximum Gasteiger partial charge on any atom is 0.331 e. The summed E-state index contributed by atoms with van der Waals surface area (Å²) in [6.07, 6.45) is 12.3. The van der Waals surface area contributed by atoms with Gasteiger partial charge in [-0.3, -0.25) is 0 Å². The molecule has 1 heterocycles. The Morgan fingerprint density at radius 1 is 1.29 bits per heavy atom. The van der Waals surface area contributed by atoms with Crippen molar-refractivity contribution in [2.75, 3.05) is 0 Å². The Morgan fingerprint density at radius 2 is 1.88 bits per heavy atom. The van der Waals surface area contributed by atoms with Gasteiger partial charge < -0.3 is 15.0 Å².